The van der Waals surface area contributed by atoms with E-state index in [-0.39, 0.29) is 28.2 Å². The molecule has 1 fully saturated rings. The number of rotatable bonds is 3. The first-order valence-electron chi connectivity index (χ1n) is 9.29. The van der Waals surface area contributed by atoms with Crippen LogP contribution in [0.1, 0.15) is 16.4 Å². The lowest BCUT2D eigenvalue weighted by molar-refractivity contribution is -0.122. The molecule has 0 radical (unpaired) electrons. The number of aromatic nitrogens is 1. The zero-order valence-electron chi connectivity index (χ0n) is 16.0. The lowest BCUT2D eigenvalue weighted by atomic mass is 9.83. The highest BCUT2D eigenvalue weighted by atomic mass is 79.9. The number of nitrogens with zero attached hydrogens (tertiary/aromatic N) is 1. The van der Waals surface area contributed by atoms with E-state index in [1.54, 1.807) is 36.4 Å². The van der Waals surface area contributed by atoms with Crippen LogP contribution in [0.15, 0.2) is 56.8 Å². The van der Waals surface area contributed by atoms with E-state index in [9.17, 15) is 19.5 Å². The van der Waals surface area contributed by atoms with Crippen molar-refractivity contribution >= 4 is 56.5 Å². The molecule has 0 aliphatic carbocycles. The first-order chi connectivity index (χ1) is 14.9. The number of imide groups is 1. The fourth-order valence-corrected chi connectivity index (χ4v) is 6.89. The standard InChI is InChI=1S/C21H15BrN2O5S2/c1-29-13-8-9(2-7-12(13)25)14-15-17(30-18-16(14)31-21(28)23-18)20(27)24(19(15)26)11-5-3-10(22)4-6-11/h2-8,14-15,17,25H,1H3,(H,23,28)/t14-,15-,17-/m0/s1. The third kappa shape index (κ3) is 3.20. The molecule has 3 atom stereocenters. The van der Waals surface area contributed by atoms with Crippen LogP contribution in [0, 0.1) is 5.92 Å². The van der Waals surface area contributed by atoms with E-state index in [2.05, 4.69) is 20.9 Å². The lowest BCUT2D eigenvalue weighted by Crippen LogP contribution is -2.32. The number of methoxy groups -OCH3 is 1. The smallest absolute Gasteiger partial charge is 0.305 e. The largest absolute Gasteiger partial charge is 0.504 e. The number of aromatic amines is 1. The molecule has 2 aliphatic rings. The van der Waals surface area contributed by atoms with E-state index in [0.717, 1.165) is 15.8 Å². The molecule has 158 valence electrons. The van der Waals surface area contributed by atoms with Crippen molar-refractivity contribution in [3.8, 4) is 11.5 Å². The summed E-state index contributed by atoms with van der Waals surface area (Å²) in [7, 11) is 1.44. The Morgan fingerprint density at radius 3 is 2.55 bits per heavy atom. The minimum atomic E-state index is -0.686. The van der Waals surface area contributed by atoms with Crippen molar-refractivity contribution in [3.05, 3.63) is 67.0 Å². The number of halogens is 1. The topological polar surface area (TPSA) is 99.7 Å². The Morgan fingerprint density at radius 1 is 1.10 bits per heavy atom. The summed E-state index contributed by atoms with van der Waals surface area (Å²) in [6.07, 6.45) is 0. The molecular formula is C21H15BrN2O5S2. The van der Waals surface area contributed by atoms with Crippen LogP contribution >= 0.6 is 39.0 Å². The number of fused-ring (bicyclic) bond motifs is 2. The molecule has 0 spiro atoms. The van der Waals surface area contributed by atoms with Crippen molar-refractivity contribution in [3.63, 3.8) is 0 Å². The number of thiazole rings is 1. The summed E-state index contributed by atoms with van der Waals surface area (Å²) in [6.45, 7) is 0. The van der Waals surface area contributed by atoms with Crippen LogP contribution < -0.4 is 14.5 Å². The molecule has 2 amide bonds. The van der Waals surface area contributed by atoms with Crippen LogP contribution in [0.4, 0.5) is 5.69 Å². The molecule has 3 heterocycles. The van der Waals surface area contributed by atoms with Crippen molar-refractivity contribution in [2.24, 2.45) is 5.92 Å². The number of phenols is 1. The maximum atomic E-state index is 13.6. The number of thioether (sulfide) groups is 1. The summed E-state index contributed by atoms with van der Waals surface area (Å²) in [5, 5.41) is 9.95. The van der Waals surface area contributed by atoms with Gasteiger partial charge in [0.05, 0.1) is 23.7 Å². The molecule has 2 aliphatic heterocycles. The monoisotopic (exact) mass is 518 g/mol. The summed E-state index contributed by atoms with van der Waals surface area (Å²) < 4.78 is 6.09. The molecule has 3 aromatic rings. The molecule has 31 heavy (non-hydrogen) atoms. The molecule has 10 heteroatoms. The van der Waals surface area contributed by atoms with Crippen molar-refractivity contribution in [1.82, 2.24) is 4.98 Å². The number of nitrogens with one attached hydrogen (secondary N) is 1. The van der Waals surface area contributed by atoms with Gasteiger partial charge in [-0.05, 0) is 42.0 Å². The third-order valence-corrected chi connectivity index (χ3v) is 8.40. The van der Waals surface area contributed by atoms with Crippen molar-refractivity contribution < 1.29 is 19.4 Å². The first kappa shape index (κ1) is 20.3. The van der Waals surface area contributed by atoms with Gasteiger partial charge in [-0.15, -0.1) is 0 Å². The van der Waals surface area contributed by atoms with E-state index in [4.69, 9.17) is 4.74 Å². The fourth-order valence-electron chi connectivity index (χ4n) is 4.11. The predicted octanol–water partition coefficient (Wildman–Crippen LogP) is 3.71. The van der Waals surface area contributed by atoms with Crippen LogP contribution in [-0.4, -0.2) is 34.3 Å². The van der Waals surface area contributed by atoms with Crippen LogP contribution in [0.2, 0.25) is 0 Å². The Morgan fingerprint density at radius 2 is 1.84 bits per heavy atom. The SMILES string of the molecule is COc1cc([C@@H]2c3sc(=O)[nH]c3S[C@@H]3C(=O)N(c4ccc(Br)cc4)C(=O)[C@@H]23)ccc1O. The first-order valence-corrected chi connectivity index (χ1v) is 11.8. The molecule has 2 aromatic carbocycles. The second kappa shape index (κ2) is 7.54. The van der Waals surface area contributed by atoms with Crippen LogP contribution in [0.5, 0.6) is 11.5 Å². The highest BCUT2D eigenvalue weighted by Crippen LogP contribution is 2.53. The maximum Gasteiger partial charge on any atom is 0.305 e. The van der Waals surface area contributed by atoms with Crippen LogP contribution in [0.3, 0.4) is 0 Å². The van der Waals surface area contributed by atoms with Crippen molar-refractivity contribution in [2.75, 3.05) is 12.0 Å². The Bertz CT molecular complexity index is 1270. The predicted molar refractivity (Wildman–Crippen MR) is 121 cm³/mol. The van der Waals surface area contributed by atoms with E-state index in [1.165, 1.54) is 29.8 Å². The number of carbonyl (C=O) groups excluding carboxylic acids is 2. The van der Waals surface area contributed by atoms with Crippen LogP contribution in [0.25, 0.3) is 0 Å². The lowest BCUT2D eigenvalue weighted by Gasteiger charge is -2.30. The zero-order valence-corrected chi connectivity index (χ0v) is 19.2. The second-order valence-electron chi connectivity index (χ2n) is 7.17. The molecule has 1 saturated heterocycles. The van der Waals surface area contributed by atoms with Gasteiger partial charge in [-0.25, -0.2) is 4.90 Å². The summed E-state index contributed by atoms with van der Waals surface area (Å²) in [5.41, 5.74) is 1.20. The van der Waals surface area contributed by atoms with E-state index in [1.807, 2.05) is 0 Å². The summed E-state index contributed by atoms with van der Waals surface area (Å²) >= 11 is 5.63. The maximum absolute atomic E-state index is 13.6. The number of H-pyrrole nitrogens is 1. The Labute approximate surface area is 193 Å². The van der Waals surface area contributed by atoms with Gasteiger partial charge in [0.25, 0.3) is 0 Å². The minimum absolute atomic E-state index is 0.0271. The molecule has 0 saturated carbocycles. The molecule has 0 bridgehead atoms. The second-order valence-corrected chi connectivity index (χ2v) is 10.3. The summed E-state index contributed by atoms with van der Waals surface area (Å²) in [4.78, 5) is 43.5. The zero-order chi connectivity index (χ0) is 21.9. The van der Waals surface area contributed by atoms with Gasteiger partial charge in [0, 0.05) is 15.3 Å². The highest BCUT2D eigenvalue weighted by molar-refractivity contribution is 9.10. The van der Waals surface area contributed by atoms with Crippen molar-refractivity contribution in [1.29, 1.82) is 0 Å². The number of aromatic hydroxyl groups is 1. The Kier molecular flexibility index (Phi) is 4.95. The molecular weight excluding hydrogens is 504 g/mol. The normalized spacial score (nSPS) is 22.4. The number of ether oxygens (including phenoxy) is 1. The van der Waals surface area contributed by atoms with Gasteiger partial charge >= 0.3 is 4.87 Å². The molecule has 1 aromatic heterocycles. The van der Waals surface area contributed by atoms with Crippen molar-refractivity contribution in [2.45, 2.75) is 16.2 Å². The van der Waals surface area contributed by atoms with Gasteiger partial charge in [-0.2, -0.15) is 0 Å². The number of amides is 2. The molecule has 5 rings (SSSR count). The summed E-state index contributed by atoms with van der Waals surface area (Å²) in [5.74, 6) is -1.59. The minimum Gasteiger partial charge on any atom is -0.504 e. The number of anilines is 1. The van der Waals surface area contributed by atoms with Gasteiger partial charge in [0.15, 0.2) is 11.5 Å². The van der Waals surface area contributed by atoms with E-state index < -0.39 is 17.1 Å². The Balaban J connectivity index is 1.66. The van der Waals surface area contributed by atoms with Gasteiger partial charge < -0.3 is 14.8 Å². The Hall–Kier alpha value is -2.56. The number of phenolic OH excluding ortho intramolecular Hbond substituents is 1. The van der Waals surface area contributed by atoms with E-state index >= 15 is 0 Å². The number of benzene rings is 2. The summed E-state index contributed by atoms with van der Waals surface area (Å²) in [6, 6.07) is 11.8. The highest BCUT2D eigenvalue weighted by Gasteiger charge is 2.56. The van der Waals surface area contributed by atoms with Gasteiger partial charge in [0.1, 0.15) is 5.25 Å². The van der Waals surface area contributed by atoms with Gasteiger partial charge in [-0.3, -0.25) is 14.4 Å². The number of hydrogen-bond donors (Lipinski definition) is 2. The average molecular weight is 519 g/mol. The quantitative estimate of drug-likeness (QED) is 0.512. The molecule has 0 unspecified atom stereocenters. The molecule has 2 N–H and O–H groups in total. The van der Waals surface area contributed by atoms with E-state index in [0.29, 0.717) is 21.2 Å². The fraction of sp³-hybridized carbons (Fsp3) is 0.190. The molecule has 7 nitrogen and oxygen atoms in total. The number of hydrogen-bond acceptors (Lipinski definition) is 7. The number of carbonyl (C=O) groups is 2. The average Bonchev–Trinajstić information content (AvgIpc) is 3.24. The van der Waals surface area contributed by atoms with Gasteiger partial charge in [-0.1, -0.05) is 45.1 Å². The van der Waals surface area contributed by atoms with Gasteiger partial charge in [0.2, 0.25) is 11.8 Å². The third-order valence-electron chi connectivity index (χ3n) is 5.47. The van der Waals surface area contributed by atoms with Crippen LogP contribution in [-0.2, 0) is 9.59 Å².